The van der Waals surface area contributed by atoms with E-state index in [0.717, 1.165) is 0 Å². The van der Waals surface area contributed by atoms with Gasteiger partial charge in [-0.1, -0.05) is 6.08 Å². The van der Waals surface area contributed by atoms with Gasteiger partial charge in [-0.15, -0.1) is 0 Å². The van der Waals surface area contributed by atoms with Crippen LogP contribution in [-0.2, 0) is 33.3 Å². The van der Waals surface area contributed by atoms with Crippen LogP contribution in [0.2, 0.25) is 0 Å². The Morgan fingerprint density at radius 3 is 2.48 bits per heavy atom. The number of esters is 1. The quantitative estimate of drug-likeness (QED) is 0.570. The lowest BCUT2D eigenvalue weighted by Gasteiger charge is -2.29. The first kappa shape index (κ1) is 16.4. The highest BCUT2D eigenvalue weighted by Gasteiger charge is 2.60. The molecule has 5 atom stereocenters. The maximum Gasteiger partial charge on any atom is 0.371 e. The van der Waals surface area contributed by atoms with Gasteiger partial charge in [-0.3, -0.25) is 4.79 Å². The van der Waals surface area contributed by atoms with Crippen molar-refractivity contribution in [2.45, 2.75) is 56.7 Å². The smallest absolute Gasteiger partial charge is 0.371 e. The Morgan fingerprint density at radius 1 is 1.22 bits per heavy atom. The second-order valence-corrected chi connectivity index (χ2v) is 6.28. The fraction of sp³-hybridized carbons (Fsp3) is 0.733. The third-order valence-corrected chi connectivity index (χ3v) is 4.06. The topological polar surface area (TPSA) is 92.3 Å². The average molecular weight is 327 g/mol. The van der Waals surface area contributed by atoms with Crippen molar-refractivity contribution in [2.75, 3.05) is 13.7 Å². The number of hydrogen-bond acceptors (Lipinski definition) is 7. The van der Waals surface area contributed by atoms with Crippen molar-refractivity contribution < 1.29 is 33.3 Å². The van der Waals surface area contributed by atoms with E-state index in [2.05, 4.69) is 5.32 Å². The highest BCUT2D eigenvalue weighted by atomic mass is 16.8. The summed E-state index contributed by atoms with van der Waals surface area (Å²) in [6.07, 6.45) is 1.58. The van der Waals surface area contributed by atoms with Crippen LogP contribution in [0.1, 0.15) is 20.8 Å². The third-order valence-electron chi connectivity index (χ3n) is 4.06. The van der Waals surface area contributed by atoms with Crippen LogP contribution in [0.25, 0.3) is 0 Å². The van der Waals surface area contributed by atoms with Crippen molar-refractivity contribution in [3.8, 4) is 0 Å². The normalized spacial score (nSPS) is 40.9. The van der Waals surface area contributed by atoms with Crippen molar-refractivity contribution in [3.05, 3.63) is 12.2 Å². The SMILES string of the molecule is COC(=O)[C@@]12C=C[C@@H](NC(C)=O)[C@H](O1)[C@@H]([C@@H]1COC(C)(C)O1)O2. The van der Waals surface area contributed by atoms with E-state index < -0.39 is 41.9 Å². The first-order chi connectivity index (χ1) is 10.8. The first-order valence-corrected chi connectivity index (χ1v) is 7.49. The van der Waals surface area contributed by atoms with Gasteiger partial charge in [0.05, 0.1) is 19.8 Å². The summed E-state index contributed by atoms with van der Waals surface area (Å²) in [4.78, 5) is 23.5. The molecule has 0 saturated carbocycles. The molecule has 8 heteroatoms. The summed E-state index contributed by atoms with van der Waals surface area (Å²) in [6.45, 7) is 5.32. The third kappa shape index (κ3) is 2.87. The number of amides is 1. The van der Waals surface area contributed by atoms with Gasteiger partial charge in [-0.05, 0) is 19.9 Å². The molecule has 23 heavy (non-hydrogen) atoms. The molecule has 0 aromatic carbocycles. The van der Waals surface area contributed by atoms with Crippen LogP contribution in [0.5, 0.6) is 0 Å². The number of nitrogens with one attached hydrogen (secondary N) is 1. The second kappa shape index (κ2) is 5.55. The molecule has 0 aliphatic carbocycles. The molecule has 1 N–H and O–H groups in total. The summed E-state index contributed by atoms with van der Waals surface area (Å²) < 4.78 is 27.9. The lowest BCUT2D eigenvalue weighted by molar-refractivity contribution is -0.202. The van der Waals surface area contributed by atoms with Crippen molar-refractivity contribution in [2.24, 2.45) is 0 Å². The largest absolute Gasteiger partial charge is 0.465 e. The van der Waals surface area contributed by atoms with E-state index in [9.17, 15) is 9.59 Å². The van der Waals surface area contributed by atoms with Gasteiger partial charge >= 0.3 is 5.97 Å². The number of carbonyl (C=O) groups excluding carboxylic acids is 2. The van der Waals surface area contributed by atoms with Gasteiger partial charge in [-0.25, -0.2) is 4.79 Å². The minimum Gasteiger partial charge on any atom is -0.465 e. The van der Waals surface area contributed by atoms with Gasteiger partial charge in [-0.2, -0.15) is 0 Å². The Labute approximate surface area is 134 Å². The summed E-state index contributed by atoms with van der Waals surface area (Å²) in [6, 6.07) is -0.426. The Bertz CT molecular complexity index is 546. The highest BCUT2D eigenvalue weighted by molar-refractivity contribution is 5.81. The molecule has 1 amide bonds. The Kier molecular flexibility index (Phi) is 3.96. The van der Waals surface area contributed by atoms with Gasteiger partial charge in [0.2, 0.25) is 5.91 Å². The molecule has 0 aromatic rings. The van der Waals surface area contributed by atoms with Gasteiger partial charge < -0.3 is 29.0 Å². The minimum absolute atomic E-state index is 0.205. The molecule has 8 nitrogen and oxygen atoms in total. The predicted molar refractivity (Wildman–Crippen MR) is 76.1 cm³/mol. The summed E-state index contributed by atoms with van der Waals surface area (Å²) >= 11 is 0. The van der Waals surface area contributed by atoms with Crippen LogP contribution in [0.4, 0.5) is 0 Å². The lowest BCUT2D eigenvalue weighted by Crippen LogP contribution is -2.51. The molecule has 2 fully saturated rings. The molecular formula is C15H21NO7. The average Bonchev–Trinajstić information content (AvgIpc) is 3.00. The van der Waals surface area contributed by atoms with Crippen LogP contribution in [0.3, 0.4) is 0 Å². The molecule has 2 bridgehead atoms. The van der Waals surface area contributed by atoms with Gasteiger partial charge in [0.15, 0.2) is 5.79 Å². The fourth-order valence-corrected chi connectivity index (χ4v) is 3.10. The molecule has 0 spiro atoms. The highest BCUT2D eigenvalue weighted by Crippen LogP contribution is 2.41. The molecule has 0 radical (unpaired) electrons. The molecule has 3 aliphatic rings. The van der Waals surface area contributed by atoms with Crippen LogP contribution < -0.4 is 5.32 Å². The van der Waals surface area contributed by atoms with E-state index in [-0.39, 0.29) is 5.91 Å². The maximum atomic E-state index is 12.1. The van der Waals surface area contributed by atoms with Crippen molar-refractivity contribution in [1.29, 1.82) is 0 Å². The molecule has 3 aliphatic heterocycles. The van der Waals surface area contributed by atoms with E-state index in [1.165, 1.54) is 20.1 Å². The van der Waals surface area contributed by atoms with Crippen molar-refractivity contribution in [1.82, 2.24) is 5.32 Å². The van der Waals surface area contributed by atoms with Gasteiger partial charge in [0.1, 0.15) is 18.3 Å². The van der Waals surface area contributed by atoms with Crippen LogP contribution in [0, 0.1) is 0 Å². The van der Waals surface area contributed by atoms with E-state index >= 15 is 0 Å². The van der Waals surface area contributed by atoms with Crippen LogP contribution in [-0.4, -0.2) is 61.5 Å². The predicted octanol–water partition coefficient (Wildman–Crippen LogP) is -0.134. The van der Waals surface area contributed by atoms with Gasteiger partial charge in [0.25, 0.3) is 5.79 Å². The van der Waals surface area contributed by atoms with Crippen LogP contribution in [0.15, 0.2) is 12.2 Å². The number of rotatable bonds is 3. The number of fused-ring (bicyclic) bond motifs is 2. The van der Waals surface area contributed by atoms with Crippen molar-refractivity contribution >= 4 is 11.9 Å². The molecule has 3 heterocycles. The van der Waals surface area contributed by atoms with Crippen molar-refractivity contribution in [3.63, 3.8) is 0 Å². The zero-order valence-corrected chi connectivity index (χ0v) is 13.5. The molecular weight excluding hydrogens is 306 g/mol. The lowest BCUT2D eigenvalue weighted by atomic mass is 9.99. The summed E-state index contributed by atoms with van der Waals surface area (Å²) in [7, 11) is 1.26. The summed E-state index contributed by atoms with van der Waals surface area (Å²) in [5, 5.41) is 2.78. The Morgan fingerprint density at radius 2 is 1.91 bits per heavy atom. The summed E-state index contributed by atoms with van der Waals surface area (Å²) in [5.74, 6) is -3.20. The van der Waals surface area contributed by atoms with Crippen LogP contribution >= 0.6 is 0 Å². The second-order valence-electron chi connectivity index (χ2n) is 6.28. The van der Waals surface area contributed by atoms with E-state index in [4.69, 9.17) is 23.7 Å². The number of methoxy groups -OCH3 is 1. The Balaban J connectivity index is 1.87. The maximum absolute atomic E-state index is 12.1. The molecule has 128 valence electrons. The number of hydrogen-bond donors (Lipinski definition) is 1. The van der Waals surface area contributed by atoms with E-state index in [1.807, 2.05) is 0 Å². The molecule has 2 saturated heterocycles. The zero-order valence-electron chi connectivity index (χ0n) is 13.5. The van der Waals surface area contributed by atoms with E-state index in [0.29, 0.717) is 6.61 Å². The Hall–Kier alpha value is -1.48. The zero-order chi connectivity index (χ0) is 16.8. The number of carbonyl (C=O) groups is 2. The van der Waals surface area contributed by atoms with Gasteiger partial charge in [0, 0.05) is 6.92 Å². The molecule has 0 aromatic heterocycles. The van der Waals surface area contributed by atoms with E-state index in [1.54, 1.807) is 19.9 Å². The summed E-state index contributed by atoms with van der Waals surface area (Å²) in [5.41, 5.74) is 0. The first-order valence-electron chi connectivity index (χ1n) is 7.49. The molecule has 3 rings (SSSR count). The monoisotopic (exact) mass is 327 g/mol. The fourth-order valence-electron chi connectivity index (χ4n) is 3.10. The molecule has 0 unspecified atom stereocenters. The standard InChI is InChI=1S/C15H21NO7/c1-8(17)16-9-5-6-15(13(18)19-4)22-11(9)12(23-15)10-7-20-14(2,3)21-10/h5-6,9-12H,7H2,1-4H3,(H,16,17)/t9-,10+,11+,12-,15+/m1/s1. The number of ether oxygens (including phenoxy) is 5. The minimum atomic E-state index is -1.60.